The van der Waals surface area contributed by atoms with Crippen molar-refractivity contribution in [2.45, 2.75) is 13.8 Å². The first-order valence-corrected chi connectivity index (χ1v) is 7.10. The van der Waals surface area contributed by atoms with Crippen molar-refractivity contribution >= 4 is 28.3 Å². The molecule has 1 amide bonds. The molecule has 0 radical (unpaired) electrons. The van der Waals surface area contributed by atoms with Crippen molar-refractivity contribution in [3.63, 3.8) is 0 Å². The van der Waals surface area contributed by atoms with Crippen LogP contribution < -0.4 is 5.32 Å². The smallest absolute Gasteiger partial charge is 0.257 e. The number of hydrogen-bond acceptors (Lipinski definition) is 5. The lowest BCUT2D eigenvalue weighted by Crippen LogP contribution is -2.12. The van der Waals surface area contributed by atoms with E-state index in [0.717, 1.165) is 11.3 Å². The molecule has 4 aromatic rings. The van der Waals surface area contributed by atoms with Gasteiger partial charge in [-0.25, -0.2) is 4.98 Å². The second-order valence-electron chi connectivity index (χ2n) is 5.26. The number of rotatable bonds is 2. The molecule has 3 heterocycles. The maximum atomic E-state index is 12.4. The number of carbonyl (C=O) groups excluding carboxylic acids is 1. The molecular formula is C16H13N5O2. The summed E-state index contributed by atoms with van der Waals surface area (Å²) in [5, 5.41) is 10.8. The summed E-state index contributed by atoms with van der Waals surface area (Å²) in [5.74, 6) is 1.11. The van der Waals surface area contributed by atoms with Crippen molar-refractivity contribution in [3.8, 4) is 0 Å². The summed E-state index contributed by atoms with van der Waals surface area (Å²) in [4.78, 5) is 16.7. The summed E-state index contributed by atoms with van der Waals surface area (Å²) in [7, 11) is 0. The molecule has 7 nitrogen and oxygen atoms in total. The first kappa shape index (κ1) is 13.4. The van der Waals surface area contributed by atoms with E-state index in [1.54, 1.807) is 41.8 Å². The minimum Gasteiger partial charge on any atom is -0.441 e. The van der Waals surface area contributed by atoms with Crippen molar-refractivity contribution in [3.05, 3.63) is 53.8 Å². The summed E-state index contributed by atoms with van der Waals surface area (Å²) >= 11 is 0. The van der Waals surface area contributed by atoms with Crippen LogP contribution in [0.2, 0.25) is 0 Å². The highest BCUT2D eigenvalue weighted by atomic mass is 16.3. The van der Waals surface area contributed by atoms with E-state index in [1.165, 1.54) is 0 Å². The summed E-state index contributed by atoms with van der Waals surface area (Å²) in [6.45, 7) is 3.62. The second kappa shape index (κ2) is 4.91. The van der Waals surface area contributed by atoms with Gasteiger partial charge >= 0.3 is 0 Å². The Balaban J connectivity index is 1.65. The number of benzene rings is 1. The third kappa shape index (κ3) is 2.32. The molecule has 3 aromatic heterocycles. The zero-order chi connectivity index (χ0) is 16.0. The van der Waals surface area contributed by atoms with E-state index in [-0.39, 0.29) is 5.91 Å². The van der Waals surface area contributed by atoms with Gasteiger partial charge < -0.3 is 9.73 Å². The summed E-state index contributed by atoms with van der Waals surface area (Å²) in [6.07, 6.45) is 1.72. The van der Waals surface area contributed by atoms with E-state index in [4.69, 9.17) is 4.42 Å². The molecule has 0 aliphatic rings. The fraction of sp³-hybridized carbons (Fsp3) is 0.125. The molecule has 0 unspecified atom stereocenters. The van der Waals surface area contributed by atoms with Gasteiger partial charge in [0.2, 0.25) is 0 Å². The average Bonchev–Trinajstić information content (AvgIpc) is 3.09. The molecule has 0 fully saturated rings. The molecule has 1 N–H and O–H groups in total. The van der Waals surface area contributed by atoms with Crippen LogP contribution in [0.15, 0.2) is 40.9 Å². The minimum atomic E-state index is -0.212. The molecule has 7 heteroatoms. The summed E-state index contributed by atoms with van der Waals surface area (Å²) in [5.41, 5.74) is 3.29. The average molecular weight is 307 g/mol. The Morgan fingerprint density at radius 2 is 2.04 bits per heavy atom. The Morgan fingerprint density at radius 1 is 1.17 bits per heavy atom. The number of fused-ring (bicyclic) bond motifs is 2. The fourth-order valence-electron chi connectivity index (χ4n) is 2.46. The zero-order valence-electron chi connectivity index (χ0n) is 12.6. The Hall–Kier alpha value is -3.22. The number of oxazole rings is 1. The number of aryl methyl sites for hydroxylation is 2. The van der Waals surface area contributed by atoms with Crippen molar-refractivity contribution in [1.82, 2.24) is 19.6 Å². The molecule has 0 atom stereocenters. The number of anilines is 1. The van der Waals surface area contributed by atoms with Gasteiger partial charge in [0.15, 0.2) is 17.1 Å². The van der Waals surface area contributed by atoms with Gasteiger partial charge in [-0.2, -0.15) is 0 Å². The van der Waals surface area contributed by atoms with E-state index in [1.807, 2.05) is 13.0 Å². The van der Waals surface area contributed by atoms with Gasteiger partial charge in [0, 0.05) is 24.9 Å². The summed E-state index contributed by atoms with van der Waals surface area (Å²) in [6, 6.07) is 8.85. The minimum absolute atomic E-state index is 0.212. The topological polar surface area (TPSA) is 85.3 Å². The highest BCUT2D eigenvalue weighted by Crippen LogP contribution is 2.20. The fourth-order valence-corrected chi connectivity index (χ4v) is 2.46. The Kier molecular flexibility index (Phi) is 2.87. The highest BCUT2D eigenvalue weighted by molar-refractivity contribution is 6.04. The molecule has 4 rings (SSSR count). The van der Waals surface area contributed by atoms with Gasteiger partial charge in [-0.15, -0.1) is 10.2 Å². The lowest BCUT2D eigenvalue weighted by molar-refractivity contribution is 0.102. The predicted molar refractivity (Wildman–Crippen MR) is 84.4 cm³/mol. The molecule has 0 aliphatic carbocycles. The molecule has 114 valence electrons. The number of carbonyl (C=O) groups is 1. The lowest BCUT2D eigenvalue weighted by Gasteiger charge is -2.05. The predicted octanol–water partition coefficient (Wildman–Crippen LogP) is 2.74. The molecule has 23 heavy (non-hydrogen) atoms. The van der Waals surface area contributed by atoms with Crippen LogP contribution in [-0.2, 0) is 0 Å². The normalized spacial score (nSPS) is 11.2. The molecule has 1 aromatic carbocycles. The number of nitrogens with zero attached hydrogens (tertiary/aromatic N) is 4. The number of pyridine rings is 1. The number of amides is 1. The SMILES string of the molecule is Cc1nc2ccc(NC(=O)c3ccc4nnc(C)n4c3)cc2o1. The van der Waals surface area contributed by atoms with Crippen molar-refractivity contribution in [1.29, 1.82) is 0 Å². The van der Waals surface area contributed by atoms with E-state index < -0.39 is 0 Å². The molecule has 0 saturated carbocycles. The van der Waals surface area contributed by atoms with Crippen molar-refractivity contribution < 1.29 is 9.21 Å². The quantitative estimate of drug-likeness (QED) is 0.615. The van der Waals surface area contributed by atoms with E-state index in [0.29, 0.717) is 28.4 Å². The number of hydrogen-bond donors (Lipinski definition) is 1. The van der Waals surface area contributed by atoms with Gasteiger partial charge in [0.25, 0.3) is 5.91 Å². The van der Waals surface area contributed by atoms with Gasteiger partial charge in [0.05, 0.1) is 5.56 Å². The van der Waals surface area contributed by atoms with Crippen LogP contribution in [-0.4, -0.2) is 25.5 Å². The molecule has 0 spiro atoms. The lowest BCUT2D eigenvalue weighted by atomic mass is 10.2. The maximum absolute atomic E-state index is 12.4. The first-order chi connectivity index (χ1) is 11.1. The number of aromatic nitrogens is 4. The van der Waals surface area contributed by atoms with E-state index >= 15 is 0 Å². The van der Waals surface area contributed by atoms with Gasteiger partial charge in [-0.3, -0.25) is 9.20 Å². The monoisotopic (exact) mass is 307 g/mol. The highest BCUT2D eigenvalue weighted by Gasteiger charge is 2.10. The van der Waals surface area contributed by atoms with Crippen LogP contribution in [0.25, 0.3) is 16.7 Å². The van der Waals surface area contributed by atoms with Crippen LogP contribution in [0.1, 0.15) is 22.1 Å². The van der Waals surface area contributed by atoms with E-state index in [9.17, 15) is 4.79 Å². The maximum Gasteiger partial charge on any atom is 0.257 e. The largest absolute Gasteiger partial charge is 0.441 e. The zero-order valence-corrected chi connectivity index (χ0v) is 12.6. The Morgan fingerprint density at radius 3 is 2.91 bits per heavy atom. The van der Waals surface area contributed by atoms with Crippen LogP contribution in [0, 0.1) is 13.8 Å². The van der Waals surface area contributed by atoms with Crippen LogP contribution in [0.5, 0.6) is 0 Å². The van der Waals surface area contributed by atoms with E-state index in [2.05, 4.69) is 20.5 Å². The molecule has 0 saturated heterocycles. The second-order valence-corrected chi connectivity index (χ2v) is 5.26. The standard InChI is InChI=1S/C16H13N5O2/c1-9-19-20-15-6-3-11(8-21(9)15)16(22)18-12-4-5-13-14(7-12)23-10(2)17-13/h3-8H,1-2H3,(H,18,22). The number of nitrogens with one attached hydrogen (secondary N) is 1. The van der Waals surface area contributed by atoms with Gasteiger partial charge in [0.1, 0.15) is 11.3 Å². The molecular weight excluding hydrogens is 294 g/mol. The molecule has 0 aliphatic heterocycles. The van der Waals surface area contributed by atoms with Gasteiger partial charge in [-0.1, -0.05) is 0 Å². The first-order valence-electron chi connectivity index (χ1n) is 7.10. The third-order valence-electron chi connectivity index (χ3n) is 3.59. The summed E-state index contributed by atoms with van der Waals surface area (Å²) < 4.78 is 7.25. The van der Waals surface area contributed by atoms with Crippen LogP contribution >= 0.6 is 0 Å². The van der Waals surface area contributed by atoms with Crippen molar-refractivity contribution in [2.24, 2.45) is 0 Å². The molecule has 0 bridgehead atoms. The van der Waals surface area contributed by atoms with Gasteiger partial charge in [-0.05, 0) is 31.2 Å². The Labute approximate surface area is 131 Å². The van der Waals surface area contributed by atoms with Crippen molar-refractivity contribution in [2.75, 3.05) is 5.32 Å². The third-order valence-corrected chi connectivity index (χ3v) is 3.59. The van der Waals surface area contributed by atoms with Crippen LogP contribution in [0.3, 0.4) is 0 Å². The van der Waals surface area contributed by atoms with Crippen LogP contribution in [0.4, 0.5) is 5.69 Å². The Bertz CT molecular complexity index is 1050.